The first kappa shape index (κ1) is 23.2. The van der Waals surface area contributed by atoms with E-state index in [4.69, 9.17) is 9.47 Å². The fraction of sp³-hybridized carbons (Fsp3) is 0.455. The maximum absolute atomic E-state index is 12.7. The number of carbonyl (C=O) groups excluding carboxylic acids is 1. The van der Waals surface area contributed by atoms with Crippen molar-refractivity contribution in [2.24, 2.45) is 5.92 Å². The van der Waals surface area contributed by atoms with E-state index in [1.807, 2.05) is 36.4 Å². The minimum absolute atomic E-state index is 0.0110. The SMILES string of the molecule is COCCOc1ccc(CNC(=O)C2CCN(S(=O)(=O)Cc3ccccc3)CC2)cn1. The van der Waals surface area contributed by atoms with E-state index in [-0.39, 0.29) is 17.6 Å². The molecule has 1 aliphatic heterocycles. The Balaban J connectivity index is 1.43. The number of hydrogen-bond donors (Lipinski definition) is 1. The Hall–Kier alpha value is -2.49. The molecule has 1 fully saturated rings. The Morgan fingerprint density at radius 1 is 1.10 bits per heavy atom. The zero-order valence-corrected chi connectivity index (χ0v) is 18.5. The molecule has 2 heterocycles. The summed E-state index contributed by atoms with van der Waals surface area (Å²) in [5.41, 5.74) is 1.64. The van der Waals surface area contributed by atoms with Gasteiger partial charge in [0.25, 0.3) is 0 Å². The van der Waals surface area contributed by atoms with E-state index in [1.54, 1.807) is 19.4 Å². The number of methoxy groups -OCH3 is 1. The Labute approximate surface area is 183 Å². The number of aromatic nitrogens is 1. The van der Waals surface area contributed by atoms with Crippen LogP contribution in [0.2, 0.25) is 0 Å². The van der Waals surface area contributed by atoms with E-state index in [0.29, 0.717) is 51.6 Å². The molecule has 1 amide bonds. The van der Waals surface area contributed by atoms with E-state index in [9.17, 15) is 13.2 Å². The lowest BCUT2D eigenvalue weighted by molar-refractivity contribution is -0.126. The molecule has 1 aromatic heterocycles. The molecule has 168 valence electrons. The quantitative estimate of drug-likeness (QED) is 0.559. The summed E-state index contributed by atoms with van der Waals surface area (Å²) in [5, 5.41) is 2.93. The Bertz CT molecular complexity index is 927. The zero-order chi connectivity index (χ0) is 22.1. The topological polar surface area (TPSA) is 97.8 Å². The first-order valence-corrected chi connectivity index (χ1v) is 11.9. The third-order valence-electron chi connectivity index (χ3n) is 5.21. The summed E-state index contributed by atoms with van der Waals surface area (Å²) in [6.45, 7) is 2.02. The van der Waals surface area contributed by atoms with Gasteiger partial charge >= 0.3 is 0 Å². The number of rotatable bonds is 10. The van der Waals surface area contributed by atoms with Crippen LogP contribution in [0, 0.1) is 5.92 Å². The molecule has 1 N–H and O–H groups in total. The van der Waals surface area contributed by atoms with Gasteiger partial charge in [0.1, 0.15) is 6.61 Å². The normalized spacial score (nSPS) is 15.5. The van der Waals surface area contributed by atoms with Crippen molar-refractivity contribution in [1.82, 2.24) is 14.6 Å². The fourth-order valence-corrected chi connectivity index (χ4v) is 5.00. The van der Waals surface area contributed by atoms with Crippen LogP contribution in [0.1, 0.15) is 24.0 Å². The Morgan fingerprint density at radius 3 is 2.48 bits per heavy atom. The lowest BCUT2D eigenvalue weighted by Crippen LogP contribution is -2.43. The largest absolute Gasteiger partial charge is 0.475 e. The summed E-state index contributed by atoms with van der Waals surface area (Å²) < 4.78 is 37.1. The van der Waals surface area contributed by atoms with Crippen LogP contribution in [-0.4, -0.2) is 57.0 Å². The zero-order valence-electron chi connectivity index (χ0n) is 17.7. The standard InChI is InChI=1S/C22H29N3O5S/c1-29-13-14-30-21-8-7-19(15-23-21)16-24-22(26)20-9-11-25(12-10-20)31(27,28)17-18-5-3-2-4-6-18/h2-8,15,20H,9-14,16-17H2,1H3,(H,24,26). The van der Waals surface area contributed by atoms with Gasteiger partial charge in [-0.25, -0.2) is 17.7 Å². The smallest absolute Gasteiger partial charge is 0.223 e. The first-order chi connectivity index (χ1) is 15.0. The van der Waals surface area contributed by atoms with Gasteiger partial charge in [0.05, 0.1) is 12.4 Å². The van der Waals surface area contributed by atoms with Crippen LogP contribution in [0.15, 0.2) is 48.7 Å². The number of piperidine rings is 1. The van der Waals surface area contributed by atoms with Crippen LogP contribution >= 0.6 is 0 Å². The highest BCUT2D eigenvalue weighted by Gasteiger charge is 2.31. The fourth-order valence-electron chi connectivity index (χ4n) is 3.44. The number of hydrogen-bond acceptors (Lipinski definition) is 6. The van der Waals surface area contributed by atoms with Gasteiger partial charge in [-0.05, 0) is 24.0 Å². The molecule has 9 heteroatoms. The second-order valence-corrected chi connectivity index (χ2v) is 9.45. The molecule has 2 aromatic rings. The maximum atomic E-state index is 12.7. The molecule has 0 radical (unpaired) electrons. The third kappa shape index (κ3) is 7.02. The molecule has 0 saturated carbocycles. The van der Waals surface area contributed by atoms with E-state index >= 15 is 0 Å². The van der Waals surface area contributed by atoms with Crippen molar-refractivity contribution in [3.8, 4) is 5.88 Å². The van der Waals surface area contributed by atoms with Gasteiger partial charge in [-0.1, -0.05) is 36.4 Å². The number of carbonyl (C=O) groups is 1. The van der Waals surface area contributed by atoms with Gasteiger partial charge in [0, 0.05) is 44.9 Å². The minimum Gasteiger partial charge on any atom is -0.475 e. The van der Waals surface area contributed by atoms with Gasteiger partial charge in [0.15, 0.2) is 0 Å². The average molecular weight is 448 g/mol. The predicted molar refractivity (Wildman–Crippen MR) is 117 cm³/mol. The van der Waals surface area contributed by atoms with Crippen LogP contribution in [0.4, 0.5) is 0 Å². The van der Waals surface area contributed by atoms with Gasteiger partial charge in [0.2, 0.25) is 21.8 Å². The summed E-state index contributed by atoms with van der Waals surface area (Å²) >= 11 is 0. The minimum atomic E-state index is -3.38. The summed E-state index contributed by atoms with van der Waals surface area (Å²) in [7, 11) is -1.77. The van der Waals surface area contributed by atoms with Crippen LogP contribution in [0.5, 0.6) is 5.88 Å². The molecule has 1 aliphatic rings. The van der Waals surface area contributed by atoms with Crippen molar-refractivity contribution in [3.05, 3.63) is 59.8 Å². The summed E-state index contributed by atoms with van der Waals surface area (Å²) in [5.74, 6) is 0.257. The second-order valence-electron chi connectivity index (χ2n) is 7.48. The Morgan fingerprint density at radius 2 is 1.84 bits per heavy atom. The van der Waals surface area contributed by atoms with Crippen LogP contribution in [0.3, 0.4) is 0 Å². The lowest BCUT2D eigenvalue weighted by Gasteiger charge is -2.30. The average Bonchev–Trinajstić information content (AvgIpc) is 2.79. The second kappa shape index (κ2) is 11.2. The molecule has 1 saturated heterocycles. The van der Waals surface area contributed by atoms with Crippen molar-refractivity contribution >= 4 is 15.9 Å². The van der Waals surface area contributed by atoms with Crippen LogP contribution in [-0.2, 0) is 31.9 Å². The van der Waals surface area contributed by atoms with Crippen molar-refractivity contribution in [3.63, 3.8) is 0 Å². The van der Waals surface area contributed by atoms with Crippen LogP contribution in [0.25, 0.3) is 0 Å². The first-order valence-electron chi connectivity index (χ1n) is 10.3. The Kier molecular flexibility index (Phi) is 8.39. The van der Waals surface area contributed by atoms with E-state index in [2.05, 4.69) is 10.3 Å². The predicted octanol–water partition coefficient (Wildman–Crippen LogP) is 1.96. The molecule has 0 atom stereocenters. The maximum Gasteiger partial charge on any atom is 0.223 e. The number of nitrogens with one attached hydrogen (secondary N) is 1. The summed E-state index contributed by atoms with van der Waals surface area (Å²) in [6, 6.07) is 12.8. The number of benzene rings is 1. The van der Waals surface area contributed by atoms with Crippen molar-refractivity contribution in [2.45, 2.75) is 25.1 Å². The summed E-state index contributed by atoms with van der Waals surface area (Å²) in [6.07, 6.45) is 2.70. The number of amides is 1. The molecule has 0 spiro atoms. The van der Waals surface area contributed by atoms with Crippen molar-refractivity contribution in [1.29, 1.82) is 0 Å². The van der Waals surface area contributed by atoms with Crippen molar-refractivity contribution in [2.75, 3.05) is 33.4 Å². The molecule has 31 heavy (non-hydrogen) atoms. The molecule has 0 aliphatic carbocycles. The molecule has 1 aromatic carbocycles. The monoisotopic (exact) mass is 447 g/mol. The molecule has 0 unspecified atom stereocenters. The van der Waals surface area contributed by atoms with Gasteiger partial charge in [-0.3, -0.25) is 4.79 Å². The number of pyridine rings is 1. The van der Waals surface area contributed by atoms with Gasteiger partial charge in [-0.15, -0.1) is 0 Å². The molecular formula is C22H29N3O5S. The van der Waals surface area contributed by atoms with Crippen LogP contribution < -0.4 is 10.1 Å². The number of sulfonamides is 1. The van der Waals surface area contributed by atoms with Crippen molar-refractivity contribution < 1.29 is 22.7 Å². The highest BCUT2D eigenvalue weighted by atomic mass is 32.2. The van der Waals surface area contributed by atoms with Gasteiger partial charge < -0.3 is 14.8 Å². The molecule has 8 nitrogen and oxygen atoms in total. The highest BCUT2D eigenvalue weighted by molar-refractivity contribution is 7.88. The number of nitrogens with zero attached hydrogens (tertiary/aromatic N) is 2. The molecule has 0 bridgehead atoms. The molecule has 3 rings (SSSR count). The van der Waals surface area contributed by atoms with E-state index in [0.717, 1.165) is 11.1 Å². The van der Waals surface area contributed by atoms with E-state index in [1.165, 1.54) is 4.31 Å². The lowest BCUT2D eigenvalue weighted by atomic mass is 9.97. The number of ether oxygens (including phenoxy) is 2. The molecular weight excluding hydrogens is 418 g/mol. The summed E-state index contributed by atoms with van der Waals surface area (Å²) in [4.78, 5) is 16.7. The van der Waals surface area contributed by atoms with Gasteiger partial charge in [-0.2, -0.15) is 0 Å². The highest BCUT2D eigenvalue weighted by Crippen LogP contribution is 2.22. The van der Waals surface area contributed by atoms with E-state index < -0.39 is 10.0 Å². The third-order valence-corrected chi connectivity index (χ3v) is 7.06.